The van der Waals surface area contributed by atoms with Crippen molar-refractivity contribution < 1.29 is 9.53 Å². The van der Waals surface area contributed by atoms with E-state index in [0.29, 0.717) is 6.42 Å². The summed E-state index contributed by atoms with van der Waals surface area (Å²) in [5.41, 5.74) is 2.77. The molecule has 2 heteroatoms. The molecule has 0 unspecified atom stereocenters. The predicted octanol–water partition coefficient (Wildman–Crippen LogP) is 3.23. The van der Waals surface area contributed by atoms with E-state index in [1.54, 1.807) is 0 Å². The third-order valence-electron chi connectivity index (χ3n) is 4.08. The van der Waals surface area contributed by atoms with E-state index < -0.39 is 0 Å². The second-order valence-corrected chi connectivity index (χ2v) is 4.90. The van der Waals surface area contributed by atoms with Gasteiger partial charge in [0, 0.05) is 5.41 Å². The number of ether oxygens (including phenoxy) is 1. The molecule has 2 rings (SSSR count). The fourth-order valence-electron chi connectivity index (χ4n) is 3.03. The normalized spacial score (nSPS) is 22.9. The molecule has 0 spiro atoms. The molecule has 92 valence electrons. The molecule has 0 saturated carbocycles. The maximum atomic E-state index is 11.6. The van der Waals surface area contributed by atoms with Crippen molar-refractivity contribution >= 4 is 5.97 Å². The van der Waals surface area contributed by atoms with Crippen LogP contribution in [0.15, 0.2) is 24.3 Å². The minimum absolute atomic E-state index is 0.00192. The van der Waals surface area contributed by atoms with Crippen LogP contribution in [0.2, 0.25) is 0 Å². The van der Waals surface area contributed by atoms with E-state index in [1.165, 1.54) is 24.7 Å². The van der Waals surface area contributed by atoms with Crippen molar-refractivity contribution in [3.8, 4) is 0 Å². The number of hydrogen-bond donors (Lipinski definition) is 0. The smallest absolute Gasteiger partial charge is 0.306 e. The quantitative estimate of drug-likeness (QED) is 0.748. The summed E-state index contributed by atoms with van der Waals surface area (Å²) in [5.74, 6) is -0.0939. The number of fused-ring (bicyclic) bond motifs is 1. The van der Waals surface area contributed by atoms with Crippen molar-refractivity contribution in [1.29, 1.82) is 0 Å². The van der Waals surface area contributed by atoms with Gasteiger partial charge in [0.05, 0.1) is 13.5 Å². The molecule has 17 heavy (non-hydrogen) atoms. The molecule has 0 N–H and O–H groups in total. The second kappa shape index (κ2) is 4.91. The molecule has 0 bridgehead atoms. The van der Waals surface area contributed by atoms with Crippen LogP contribution >= 0.6 is 0 Å². The Morgan fingerprint density at radius 2 is 2.18 bits per heavy atom. The van der Waals surface area contributed by atoms with Crippen LogP contribution in [-0.4, -0.2) is 13.1 Å². The van der Waals surface area contributed by atoms with Crippen molar-refractivity contribution in [2.75, 3.05) is 7.11 Å². The molecule has 2 nitrogen and oxygen atoms in total. The molecule has 1 atom stereocenters. The summed E-state index contributed by atoms with van der Waals surface area (Å²) in [6.45, 7) is 2.17. The Labute approximate surface area is 103 Å². The summed E-state index contributed by atoms with van der Waals surface area (Å²) in [6.07, 6.45) is 4.91. The first-order chi connectivity index (χ1) is 8.22. The first-order valence-corrected chi connectivity index (χ1v) is 6.37. The van der Waals surface area contributed by atoms with Crippen molar-refractivity contribution in [2.24, 2.45) is 0 Å². The SMILES string of the molecule is CC[C@]1(CC(=O)OC)CCCc2ccccc21. The van der Waals surface area contributed by atoms with Gasteiger partial charge < -0.3 is 4.74 Å². The molecular weight excluding hydrogens is 212 g/mol. The topological polar surface area (TPSA) is 26.3 Å². The highest BCUT2D eigenvalue weighted by Gasteiger charge is 2.36. The average molecular weight is 232 g/mol. The Morgan fingerprint density at radius 3 is 2.88 bits per heavy atom. The van der Waals surface area contributed by atoms with Crippen molar-refractivity contribution in [2.45, 2.75) is 44.4 Å². The van der Waals surface area contributed by atoms with Gasteiger partial charge in [0.25, 0.3) is 0 Å². The lowest BCUT2D eigenvalue weighted by Gasteiger charge is -2.37. The maximum absolute atomic E-state index is 11.6. The van der Waals surface area contributed by atoms with Gasteiger partial charge in [0.1, 0.15) is 0 Å². The zero-order valence-corrected chi connectivity index (χ0v) is 10.7. The van der Waals surface area contributed by atoms with Gasteiger partial charge in [-0.2, -0.15) is 0 Å². The number of aryl methyl sites for hydroxylation is 1. The van der Waals surface area contributed by atoms with Crippen LogP contribution in [0.25, 0.3) is 0 Å². The van der Waals surface area contributed by atoms with Crippen LogP contribution in [0.1, 0.15) is 43.7 Å². The van der Waals surface area contributed by atoms with Crippen LogP contribution in [0.4, 0.5) is 0 Å². The minimum atomic E-state index is -0.0939. The highest BCUT2D eigenvalue weighted by molar-refractivity contribution is 5.71. The van der Waals surface area contributed by atoms with Gasteiger partial charge in [-0.05, 0) is 36.8 Å². The number of methoxy groups -OCH3 is 1. The maximum Gasteiger partial charge on any atom is 0.306 e. The van der Waals surface area contributed by atoms with Crippen LogP contribution < -0.4 is 0 Å². The van der Waals surface area contributed by atoms with Crippen LogP contribution in [0.5, 0.6) is 0 Å². The summed E-state index contributed by atoms with van der Waals surface area (Å²) < 4.78 is 4.86. The number of carbonyl (C=O) groups is 1. The molecule has 0 fully saturated rings. The molecular formula is C15H20O2. The Hall–Kier alpha value is -1.31. The van der Waals surface area contributed by atoms with E-state index in [-0.39, 0.29) is 11.4 Å². The van der Waals surface area contributed by atoms with Gasteiger partial charge in [-0.15, -0.1) is 0 Å². The van der Waals surface area contributed by atoms with Crippen LogP contribution in [0.3, 0.4) is 0 Å². The van der Waals surface area contributed by atoms with Gasteiger partial charge in [0.2, 0.25) is 0 Å². The van der Waals surface area contributed by atoms with Gasteiger partial charge in [-0.3, -0.25) is 4.79 Å². The van der Waals surface area contributed by atoms with E-state index in [2.05, 4.69) is 31.2 Å². The molecule has 1 aliphatic rings. The summed E-state index contributed by atoms with van der Waals surface area (Å²) >= 11 is 0. The van der Waals surface area contributed by atoms with Crippen LogP contribution in [0, 0.1) is 0 Å². The van der Waals surface area contributed by atoms with E-state index in [4.69, 9.17) is 4.74 Å². The fourth-order valence-corrected chi connectivity index (χ4v) is 3.03. The average Bonchev–Trinajstić information content (AvgIpc) is 2.39. The van der Waals surface area contributed by atoms with Crippen molar-refractivity contribution in [3.63, 3.8) is 0 Å². The molecule has 0 radical (unpaired) electrons. The first kappa shape index (κ1) is 12.2. The molecule has 1 aliphatic carbocycles. The van der Waals surface area contributed by atoms with Gasteiger partial charge >= 0.3 is 5.97 Å². The first-order valence-electron chi connectivity index (χ1n) is 6.37. The fraction of sp³-hybridized carbons (Fsp3) is 0.533. The summed E-state index contributed by atoms with van der Waals surface area (Å²) in [5, 5.41) is 0. The largest absolute Gasteiger partial charge is 0.469 e. The van der Waals surface area contributed by atoms with E-state index in [1.807, 2.05) is 0 Å². The zero-order valence-electron chi connectivity index (χ0n) is 10.7. The number of carbonyl (C=O) groups excluding carboxylic acids is 1. The molecule has 0 aromatic heterocycles. The molecule has 0 heterocycles. The van der Waals surface area contributed by atoms with E-state index in [9.17, 15) is 4.79 Å². The van der Waals surface area contributed by atoms with Gasteiger partial charge in [-0.1, -0.05) is 31.2 Å². The summed E-state index contributed by atoms with van der Waals surface area (Å²) in [7, 11) is 1.47. The molecule has 0 saturated heterocycles. The Morgan fingerprint density at radius 1 is 1.41 bits per heavy atom. The molecule has 0 aliphatic heterocycles. The molecule has 1 aromatic rings. The van der Waals surface area contributed by atoms with Gasteiger partial charge in [-0.25, -0.2) is 0 Å². The number of esters is 1. The van der Waals surface area contributed by atoms with E-state index in [0.717, 1.165) is 19.3 Å². The predicted molar refractivity (Wildman–Crippen MR) is 68.0 cm³/mol. The lowest BCUT2D eigenvalue weighted by molar-refractivity contribution is -0.142. The highest BCUT2D eigenvalue weighted by Crippen LogP contribution is 2.42. The Balaban J connectivity index is 2.38. The van der Waals surface area contributed by atoms with Gasteiger partial charge in [0.15, 0.2) is 0 Å². The number of benzene rings is 1. The zero-order chi connectivity index (χ0) is 12.3. The minimum Gasteiger partial charge on any atom is -0.469 e. The van der Waals surface area contributed by atoms with E-state index >= 15 is 0 Å². The Kier molecular flexibility index (Phi) is 3.51. The molecule has 1 aromatic carbocycles. The van der Waals surface area contributed by atoms with Crippen molar-refractivity contribution in [1.82, 2.24) is 0 Å². The number of rotatable bonds is 3. The standard InChI is InChI=1S/C15H20O2/c1-3-15(11-14(16)17-2)10-6-8-12-7-4-5-9-13(12)15/h4-5,7,9H,3,6,8,10-11H2,1-2H3/t15-/m1/s1. The third kappa shape index (κ3) is 2.21. The highest BCUT2D eigenvalue weighted by atomic mass is 16.5. The summed E-state index contributed by atoms with van der Waals surface area (Å²) in [6, 6.07) is 8.53. The lowest BCUT2D eigenvalue weighted by atomic mass is 9.66. The monoisotopic (exact) mass is 232 g/mol. The second-order valence-electron chi connectivity index (χ2n) is 4.90. The lowest BCUT2D eigenvalue weighted by Crippen LogP contribution is -2.33. The Bertz CT molecular complexity index is 411. The van der Waals surface area contributed by atoms with Crippen LogP contribution in [-0.2, 0) is 21.4 Å². The molecule has 0 amide bonds. The summed E-state index contributed by atoms with van der Waals surface area (Å²) in [4.78, 5) is 11.6. The third-order valence-corrected chi connectivity index (χ3v) is 4.08. The van der Waals surface area contributed by atoms with Crippen molar-refractivity contribution in [3.05, 3.63) is 35.4 Å². The number of hydrogen-bond acceptors (Lipinski definition) is 2.